The molecule has 0 saturated heterocycles. The molecule has 1 N–H and O–H groups in total. The van der Waals surface area contributed by atoms with Crippen molar-refractivity contribution < 1.29 is 4.42 Å². The molecule has 2 atom stereocenters. The van der Waals surface area contributed by atoms with Crippen molar-refractivity contribution >= 4 is 11.3 Å². The zero-order chi connectivity index (χ0) is 11.5. The van der Waals surface area contributed by atoms with Gasteiger partial charge in [0.15, 0.2) is 0 Å². The van der Waals surface area contributed by atoms with Crippen molar-refractivity contribution in [1.82, 2.24) is 10.3 Å². The van der Waals surface area contributed by atoms with Crippen LogP contribution in [0, 0.1) is 6.92 Å². The van der Waals surface area contributed by atoms with Gasteiger partial charge in [0, 0.05) is 10.9 Å². The van der Waals surface area contributed by atoms with Crippen LogP contribution >= 0.6 is 11.3 Å². The van der Waals surface area contributed by atoms with E-state index in [0.29, 0.717) is 6.04 Å². The topological polar surface area (TPSA) is 38.1 Å². The summed E-state index contributed by atoms with van der Waals surface area (Å²) in [5.74, 6) is 1.60. The van der Waals surface area contributed by atoms with Gasteiger partial charge in [0.05, 0.1) is 12.2 Å². The first-order chi connectivity index (χ1) is 7.66. The number of nitrogens with one attached hydrogen (secondary N) is 1. The van der Waals surface area contributed by atoms with Crippen molar-refractivity contribution in [3.63, 3.8) is 0 Å². The maximum absolute atomic E-state index is 5.49. The van der Waals surface area contributed by atoms with Gasteiger partial charge in [-0.3, -0.25) is 5.32 Å². The number of oxazole rings is 1. The van der Waals surface area contributed by atoms with E-state index < -0.39 is 0 Å². The second-order valence-corrected chi connectivity index (χ2v) is 4.91. The smallest absolute Gasteiger partial charge is 0.211 e. The molecule has 0 aliphatic carbocycles. The van der Waals surface area contributed by atoms with Crippen molar-refractivity contribution in [3.8, 4) is 0 Å². The molecule has 3 nitrogen and oxygen atoms in total. The third-order valence-electron chi connectivity index (χ3n) is 2.48. The summed E-state index contributed by atoms with van der Waals surface area (Å²) in [7, 11) is 0. The summed E-state index contributed by atoms with van der Waals surface area (Å²) in [6, 6.07) is 4.65. The Morgan fingerprint density at radius 2 is 2.19 bits per heavy atom. The van der Waals surface area contributed by atoms with Gasteiger partial charge in [-0.1, -0.05) is 6.07 Å². The molecule has 2 unspecified atom stereocenters. The van der Waals surface area contributed by atoms with E-state index in [-0.39, 0.29) is 6.04 Å². The van der Waals surface area contributed by atoms with E-state index in [1.807, 2.05) is 6.92 Å². The molecule has 86 valence electrons. The first-order valence-corrected chi connectivity index (χ1v) is 6.26. The fourth-order valence-electron chi connectivity index (χ4n) is 1.64. The molecule has 0 saturated carbocycles. The summed E-state index contributed by atoms with van der Waals surface area (Å²) >= 11 is 1.76. The highest BCUT2D eigenvalue weighted by atomic mass is 32.1. The van der Waals surface area contributed by atoms with Gasteiger partial charge in [-0.15, -0.1) is 11.3 Å². The molecule has 2 heterocycles. The Balaban J connectivity index is 2.00. The molecule has 0 bridgehead atoms. The standard InChI is InChI=1S/C12H16N2OS/c1-8-7-13-12(15-8)10(3)14-9(2)11-5-4-6-16-11/h4-7,9-10,14H,1-3H3. The van der Waals surface area contributed by atoms with Gasteiger partial charge < -0.3 is 4.42 Å². The van der Waals surface area contributed by atoms with E-state index in [1.165, 1.54) is 4.88 Å². The van der Waals surface area contributed by atoms with Crippen LogP contribution in [0.5, 0.6) is 0 Å². The molecule has 0 aliphatic heterocycles. The van der Waals surface area contributed by atoms with Crippen molar-refractivity contribution in [3.05, 3.63) is 40.2 Å². The van der Waals surface area contributed by atoms with Crippen LogP contribution in [0.15, 0.2) is 28.1 Å². The molecule has 4 heteroatoms. The van der Waals surface area contributed by atoms with E-state index in [1.54, 1.807) is 17.5 Å². The van der Waals surface area contributed by atoms with Crippen LogP contribution in [0.1, 0.15) is 42.5 Å². The third-order valence-corrected chi connectivity index (χ3v) is 3.53. The second-order valence-electron chi connectivity index (χ2n) is 3.93. The van der Waals surface area contributed by atoms with Gasteiger partial charge in [0.25, 0.3) is 0 Å². The average Bonchev–Trinajstić information content (AvgIpc) is 2.87. The van der Waals surface area contributed by atoms with Crippen LogP contribution in [-0.2, 0) is 0 Å². The highest BCUT2D eigenvalue weighted by Crippen LogP contribution is 2.22. The van der Waals surface area contributed by atoms with Crippen LogP contribution in [-0.4, -0.2) is 4.98 Å². The number of thiophene rings is 1. The monoisotopic (exact) mass is 236 g/mol. The predicted molar refractivity (Wildman–Crippen MR) is 65.5 cm³/mol. The average molecular weight is 236 g/mol. The van der Waals surface area contributed by atoms with Crippen LogP contribution in [0.25, 0.3) is 0 Å². The van der Waals surface area contributed by atoms with Crippen molar-refractivity contribution in [2.45, 2.75) is 32.9 Å². The molecule has 2 rings (SSSR count). The van der Waals surface area contributed by atoms with Gasteiger partial charge in [-0.25, -0.2) is 4.98 Å². The summed E-state index contributed by atoms with van der Waals surface area (Å²) in [4.78, 5) is 5.55. The molecule has 2 aromatic rings. The molecular weight excluding hydrogens is 220 g/mol. The Morgan fingerprint density at radius 3 is 2.75 bits per heavy atom. The van der Waals surface area contributed by atoms with E-state index in [2.05, 4.69) is 41.7 Å². The van der Waals surface area contributed by atoms with Crippen LogP contribution in [0.3, 0.4) is 0 Å². The quantitative estimate of drug-likeness (QED) is 0.883. The highest BCUT2D eigenvalue weighted by Gasteiger charge is 2.15. The van der Waals surface area contributed by atoms with Crippen LogP contribution < -0.4 is 5.32 Å². The van der Waals surface area contributed by atoms with E-state index in [0.717, 1.165) is 11.7 Å². The molecule has 0 aromatic carbocycles. The summed E-state index contributed by atoms with van der Waals surface area (Å²) in [5.41, 5.74) is 0. The predicted octanol–water partition coefficient (Wildman–Crippen LogP) is 3.46. The molecule has 0 spiro atoms. The van der Waals surface area contributed by atoms with Gasteiger partial charge in [0.1, 0.15) is 5.76 Å². The minimum atomic E-state index is 0.130. The maximum atomic E-state index is 5.49. The minimum Gasteiger partial charge on any atom is -0.444 e. The van der Waals surface area contributed by atoms with Gasteiger partial charge in [-0.2, -0.15) is 0 Å². The van der Waals surface area contributed by atoms with Crippen LogP contribution in [0.2, 0.25) is 0 Å². The van der Waals surface area contributed by atoms with E-state index in [4.69, 9.17) is 4.42 Å². The Hall–Kier alpha value is -1.13. The Bertz CT molecular complexity index is 436. The van der Waals surface area contributed by atoms with E-state index in [9.17, 15) is 0 Å². The molecular formula is C12H16N2OS. The zero-order valence-electron chi connectivity index (χ0n) is 9.73. The number of rotatable bonds is 4. The minimum absolute atomic E-state index is 0.130. The van der Waals surface area contributed by atoms with Crippen molar-refractivity contribution in [2.75, 3.05) is 0 Å². The van der Waals surface area contributed by atoms with Crippen molar-refractivity contribution in [2.24, 2.45) is 0 Å². The van der Waals surface area contributed by atoms with Crippen LogP contribution in [0.4, 0.5) is 0 Å². The highest BCUT2D eigenvalue weighted by molar-refractivity contribution is 7.10. The first-order valence-electron chi connectivity index (χ1n) is 5.38. The SMILES string of the molecule is Cc1cnc(C(C)NC(C)c2cccs2)o1. The maximum Gasteiger partial charge on any atom is 0.211 e. The van der Waals surface area contributed by atoms with E-state index >= 15 is 0 Å². The summed E-state index contributed by atoms with van der Waals surface area (Å²) in [6.45, 7) is 6.12. The molecule has 2 aromatic heterocycles. The lowest BCUT2D eigenvalue weighted by Crippen LogP contribution is -2.21. The second kappa shape index (κ2) is 4.80. The summed E-state index contributed by atoms with van der Waals surface area (Å²) < 4.78 is 5.49. The lowest BCUT2D eigenvalue weighted by molar-refractivity contribution is 0.382. The van der Waals surface area contributed by atoms with Gasteiger partial charge >= 0.3 is 0 Å². The lowest BCUT2D eigenvalue weighted by Gasteiger charge is -2.16. The molecule has 0 amide bonds. The number of aromatic nitrogens is 1. The van der Waals surface area contributed by atoms with Gasteiger partial charge in [0.2, 0.25) is 5.89 Å². The normalized spacial score (nSPS) is 14.9. The fraction of sp³-hybridized carbons (Fsp3) is 0.417. The number of nitrogens with zero attached hydrogens (tertiary/aromatic N) is 1. The Labute approximate surface area is 99.5 Å². The lowest BCUT2D eigenvalue weighted by atomic mass is 10.2. The summed E-state index contributed by atoms with van der Waals surface area (Å²) in [5, 5.41) is 5.56. The third kappa shape index (κ3) is 2.51. The molecule has 16 heavy (non-hydrogen) atoms. The summed E-state index contributed by atoms with van der Waals surface area (Å²) in [6.07, 6.45) is 1.75. The molecule has 0 fully saturated rings. The largest absolute Gasteiger partial charge is 0.444 e. The van der Waals surface area contributed by atoms with Crippen molar-refractivity contribution in [1.29, 1.82) is 0 Å². The van der Waals surface area contributed by atoms with Gasteiger partial charge in [-0.05, 0) is 32.2 Å². The zero-order valence-corrected chi connectivity index (χ0v) is 10.5. The first kappa shape index (κ1) is 11.4. The molecule has 0 aliphatic rings. The Kier molecular flexibility index (Phi) is 3.41. The number of hydrogen-bond acceptors (Lipinski definition) is 4. The number of aryl methyl sites for hydroxylation is 1. The number of hydrogen-bond donors (Lipinski definition) is 1. The Morgan fingerprint density at radius 1 is 1.38 bits per heavy atom. The fourth-order valence-corrected chi connectivity index (χ4v) is 2.38. The molecule has 0 radical (unpaired) electrons.